The average molecular weight is 319 g/mol. The summed E-state index contributed by atoms with van der Waals surface area (Å²) in [4.78, 5) is 7.97. The molecule has 0 saturated carbocycles. The van der Waals surface area contributed by atoms with E-state index in [1.165, 1.54) is 12.3 Å². The molecule has 1 unspecified atom stereocenters. The standard InChI is InChI=1S/C15H20FN6O/c1-14(2)8-11(15(3,4)22(14)23)21-13(19-9-17)20-10-6-5-7-18-12(10)16/h5-7,11H,8H2,1-4H3,(H2,19,20,21). The zero-order chi connectivity index (χ0) is 17.3. The van der Waals surface area contributed by atoms with Gasteiger partial charge in [0, 0.05) is 11.7 Å². The summed E-state index contributed by atoms with van der Waals surface area (Å²) >= 11 is 0. The van der Waals surface area contributed by atoms with Crippen LogP contribution in [0.3, 0.4) is 0 Å². The molecule has 1 aromatic heterocycles. The van der Waals surface area contributed by atoms with E-state index in [9.17, 15) is 9.60 Å². The maximum absolute atomic E-state index is 13.6. The molecule has 8 heteroatoms. The fourth-order valence-electron chi connectivity index (χ4n) is 2.84. The van der Waals surface area contributed by atoms with Crippen LogP contribution in [0, 0.1) is 17.4 Å². The smallest absolute Gasteiger partial charge is 0.236 e. The lowest BCUT2D eigenvalue weighted by atomic mass is 9.95. The van der Waals surface area contributed by atoms with E-state index < -0.39 is 17.0 Å². The molecule has 0 spiro atoms. The van der Waals surface area contributed by atoms with Gasteiger partial charge >= 0.3 is 0 Å². The number of hydrogen-bond donors (Lipinski definition) is 2. The number of nitriles is 1. The first-order chi connectivity index (χ1) is 10.7. The van der Waals surface area contributed by atoms with Crippen molar-refractivity contribution in [1.29, 1.82) is 5.26 Å². The predicted molar refractivity (Wildman–Crippen MR) is 83.1 cm³/mol. The Bertz CT molecular complexity index is 652. The van der Waals surface area contributed by atoms with E-state index in [4.69, 9.17) is 5.26 Å². The molecule has 1 aromatic rings. The van der Waals surface area contributed by atoms with E-state index in [0.717, 1.165) is 5.06 Å². The van der Waals surface area contributed by atoms with Crippen molar-refractivity contribution in [3.05, 3.63) is 24.3 Å². The summed E-state index contributed by atoms with van der Waals surface area (Å²) in [5.41, 5.74) is -1.20. The van der Waals surface area contributed by atoms with E-state index in [1.807, 2.05) is 13.8 Å². The van der Waals surface area contributed by atoms with Gasteiger partial charge in [-0.3, -0.25) is 5.32 Å². The number of aliphatic imine (C=N–C) groups is 1. The Morgan fingerprint density at radius 3 is 2.74 bits per heavy atom. The Balaban J connectivity index is 2.29. The molecule has 0 bridgehead atoms. The molecule has 1 fully saturated rings. The highest BCUT2D eigenvalue weighted by Crippen LogP contribution is 2.41. The van der Waals surface area contributed by atoms with Gasteiger partial charge in [-0.15, -0.1) is 10.3 Å². The van der Waals surface area contributed by atoms with Gasteiger partial charge in [-0.05, 0) is 46.2 Å². The van der Waals surface area contributed by atoms with Crippen molar-refractivity contribution in [3.8, 4) is 6.19 Å². The van der Waals surface area contributed by atoms with Crippen LogP contribution in [0.5, 0.6) is 0 Å². The van der Waals surface area contributed by atoms with Gasteiger partial charge in [0.1, 0.15) is 0 Å². The topological polar surface area (TPSA) is 96.2 Å². The number of hydrogen-bond acceptors (Lipinski definition) is 4. The molecule has 2 heterocycles. The van der Waals surface area contributed by atoms with Crippen molar-refractivity contribution in [2.24, 2.45) is 4.99 Å². The van der Waals surface area contributed by atoms with E-state index in [2.05, 4.69) is 20.6 Å². The monoisotopic (exact) mass is 319 g/mol. The van der Waals surface area contributed by atoms with Crippen molar-refractivity contribution in [3.63, 3.8) is 0 Å². The van der Waals surface area contributed by atoms with Crippen LogP contribution in [0.4, 0.5) is 10.1 Å². The number of pyridine rings is 1. The second-order valence-electron chi connectivity index (χ2n) is 6.66. The summed E-state index contributed by atoms with van der Waals surface area (Å²) in [5, 5.41) is 27.4. The van der Waals surface area contributed by atoms with E-state index in [-0.39, 0.29) is 17.7 Å². The second-order valence-corrected chi connectivity index (χ2v) is 6.66. The van der Waals surface area contributed by atoms with Crippen LogP contribution in [0.25, 0.3) is 0 Å². The summed E-state index contributed by atoms with van der Waals surface area (Å²) in [6.45, 7) is 7.31. The van der Waals surface area contributed by atoms with Gasteiger partial charge in [0.15, 0.2) is 6.19 Å². The molecule has 1 aliphatic rings. The molecule has 0 amide bonds. The highest BCUT2D eigenvalue weighted by atomic mass is 19.1. The van der Waals surface area contributed by atoms with Gasteiger partial charge in [0.2, 0.25) is 11.9 Å². The van der Waals surface area contributed by atoms with Crippen LogP contribution in [-0.4, -0.2) is 33.1 Å². The lowest BCUT2D eigenvalue weighted by Crippen LogP contribution is -2.47. The highest BCUT2D eigenvalue weighted by Gasteiger charge is 2.52. The molecule has 2 rings (SSSR count). The molecule has 7 nitrogen and oxygen atoms in total. The molecule has 2 N–H and O–H groups in total. The van der Waals surface area contributed by atoms with Crippen LogP contribution in [-0.2, 0) is 5.21 Å². The van der Waals surface area contributed by atoms with Crippen LogP contribution >= 0.6 is 0 Å². The van der Waals surface area contributed by atoms with E-state index in [0.29, 0.717) is 6.42 Å². The summed E-state index contributed by atoms with van der Waals surface area (Å²) in [6.07, 6.45) is 3.61. The third-order valence-electron chi connectivity index (χ3n) is 4.05. The number of guanidine groups is 1. The summed E-state index contributed by atoms with van der Waals surface area (Å²) in [5.74, 6) is -0.611. The average Bonchev–Trinajstić information content (AvgIpc) is 2.62. The summed E-state index contributed by atoms with van der Waals surface area (Å²) < 4.78 is 13.6. The summed E-state index contributed by atoms with van der Waals surface area (Å²) in [7, 11) is 0. The van der Waals surface area contributed by atoms with Crippen molar-refractivity contribution < 1.29 is 9.60 Å². The maximum atomic E-state index is 13.6. The molecule has 0 aliphatic carbocycles. The van der Waals surface area contributed by atoms with E-state index >= 15 is 0 Å². The highest BCUT2D eigenvalue weighted by molar-refractivity contribution is 5.94. The Morgan fingerprint density at radius 1 is 1.52 bits per heavy atom. The molecule has 1 atom stereocenters. The van der Waals surface area contributed by atoms with Gasteiger partial charge in [-0.25, -0.2) is 9.98 Å². The first-order valence-electron chi connectivity index (χ1n) is 7.26. The molecule has 1 aliphatic heterocycles. The minimum atomic E-state index is -0.735. The Hall–Kier alpha value is -2.24. The van der Waals surface area contributed by atoms with Gasteiger partial charge in [0.05, 0.1) is 17.3 Å². The van der Waals surface area contributed by atoms with Crippen LogP contribution in [0.15, 0.2) is 23.3 Å². The molecule has 0 aromatic carbocycles. The molecule has 123 valence electrons. The molecular formula is C15H20FN6O. The number of halogens is 1. The molecule has 1 radical (unpaired) electrons. The molecule has 1 saturated heterocycles. The number of hydroxylamine groups is 2. The van der Waals surface area contributed by atoms with Crippen molar-refractivity contribution >= 4 is 11.6 Å². The van der Waals surface area contributed by atoms with Crippen LogP contribution < -0.4 is 10.6 Å². The van der Waals surface area contributed by atoms with Gasteiger partial charge in [-0.2, -0.15) is 9.65 Å². The first-order valence-corrected chi connectivity index (χ1v) is 7.26. The van der Waals surface area contributed by atoms with Gasteiger partial charge in [-0.1, -0.05) is 0 Å². The first kappa shape index (κ1) is 17.1. The normalized spacial score (nSPS) is 23.3. The Kier molecular flexibility index (Phi) is 4.54. The van der Waals surface area contributed by atoms with Crippen LogP contribution in [0.1, 0.15) is 34.1 Å². The second kappa shape index (κ2) is 6.10. The fourth-order valence-corrected chi connectivity index (χ4v) is 2.84. The zero-order valence-electron chi connectivity index (χ0n) is 13.6. The molecule has 23 heavy (non-hydrogen) atoms. The van der Waals surface area contributed by atoms with Gasteiger partial charge in [0.25, 0.3) is 0 Å². The third kappa shape index (κ3) is 3.41. The minimum absolute atomic E-state index is 0.0866. The largest absolute Gasteiger partial charge is 0.322 e. The SMILES string of the molecule is CC1(C)CC(N=C(NC#N)Nc2cccnc2F)C(C)(C)N1[O]. The number of nitrogens with zero attached hydrogens (tertiary/aromatic N) is 4. The minimum Gasteiger partial charge on any atom is -0.322 e. The third-order valence-corrected chi connectivity index (χ3v) is 4.05. The van der Waals surface area contributed by atoms with Crippen molar-refractivity contribution in [1.82, 2.24) is 15.4 Å². The van der Waals surface area contributed by atoms with Crippen LogP contribution in [0.2, 0.25) is 0 Å². The lowest BCUT2D eigenvalue weighted by molar-refractivity contribution is -0.245. The summed E-state index contributed by atoms with van der Waals surface area (Å²) in [6, 6.07) is 2.70. The van der Waals surface area contributed by atoms with Gasteiger partial charge < -0.3 is 5.32 Å². The maximum Gasteiger partial charge on any atom is 0.236 e. The zero-order valence-corrected chi connectivity index (χ0v) is 13.6. The van der Waals surface area contributed by atoms with Crippen molar-refractivity contribution in [2.45, 2.75) is 51.2 Å². The quantitative estimate of drug-likeness (QED) is 0.286. The number of nitrogens with one attached hydrogen (secondary N) is 2. The Morgan fingerprint density at radius 2 is 2.22 bits per heavy atom. The number of rotatable bonds is 2. The lowest BCUT2D eigenvalue weighted by Gasteiger charge is -2.32. The Labute approximate surface area is 134 Å². The number of aromatic nitrogens is 1. The number of anilines is 1. The van der Waals surface area contributed by atoms with E-state index in [1.54, 1.807) is 26.1 Å². The van der Waals surface area contributed by atoms with Crippen molar-refractivity contribution in [2.75, 3.05) is 5.32 Å². The molecular weight excluding hydrogens is 299 g/mol. The fraction of sp³-hybridized carbons (Fsp3) is 0.533. The predicted octanol–water partition coefficient (Wildman–Crippen LogP) is 2.04.